The summed E-state index contributed by atoms with van der Waals surface area (Å²) in [6.07, 6.45) is 9.26. The van der Waals surface area contributed by atoms with E-state index in [4.69, 9.17) is 9.72 Å². The van der Waals surface area contributed by atoms with Crippen LogP contribution in [0.5, 0.6) is 5.75 Å². The summed E-state index contributed by atoms with van der Waals surface area (Å²) in [5, 5.41) is 5.52. The molecule has 36 heavy (non-hydrogen) atoms. The van der Waals surface area contributed by atoms with Crippen molar-refractivity contribution in [2.45, 2.75) is 45.4 Å². The Morgan fingerprint density at radius 1 is 1.22 bits per heavy atom. The van der Waals surface area contributed by atoms with Gasteiger partial charge in [-0.15, -0.1) is 0 Å². The number of carbonyl (C=O) groups is 1. The molecule has 0 aliphatic carbocycles. The Balaban J connectivity index is 1.42. The number of nitrogens with one attached hydrogen (secondary N) is 1. The van der Waals surface area contributed by atoms with E-state index in [1.807, 2.05) is 32.6 Å². The number of piperidine rings is 1. The molecule has 5 rings (SSSR count). The first kappa shape index (κ1) is 24.1. The molecule has 1 fully saturated rings. The minimum Gasteiger partial charge on any atom is -0.493 e. The number of hydrogen-bond acceptors (Lipinski definition) is 6. The first-order valence-corrected chi connectivity index (χ1v) is 12.7. The molecule has 5 heterocycles. The molecule has 4 aromatic heterocycles. The van der Waals surface area contributed by atoms with Crippen LogP contribution >= 0.6 is 0 Å². The Morgan fingerprint density at radius 2 is 2.00 bits per heavy atom. The molecule has 0 atom stereocenters. The molecule has 1 aliphatic heterocycles. The van der Waals surface area contributed by atoms with Crippen LogP contribution in [-0.2, 0) is 4.79 Å². The van der Waals surface area contributed by atoms with Gasteiger partial charge in [0.1, 0.15) is 12.1 Å². The number of nitrogens with zero attached hydrogens (tertiary/aromatic N) is 6. The van der Waals surface area contributed by atoms with E-state index < -0.39 is 0 Å². The number of aromatic nitrogens is 5. The zero-order valence-electron chi connectivity index (χ0n) is 21.8. The maximum absolute atomic E-state index is 12.0. The second kappa shape index (κ2) is 9.79. The third-order valence-electron chi connectivity index (χ3n) is 7.34. The zero-order valence-corrected chi connectivity index (χ0v) is 21.8. The summed E-state index contributed by atoms with van der Waals surface area (Å²) >= 11 is 0. The zero-order chi connectivity index (χ0) is 25.4. The van der Waals surface area contributed by atoms with Crippen molar-refractivity contribution < 1.29 is 9.53 Å². The molecule has 0 bridgehead atoms. The van der Waals surface area contributed by atoms with Crippen LogP contribution in [0.2, 0.25) is 0 Å². The average Bonchev–Trinajstić information content (AvgIpc) is 3.51. The van der Waals surface area contributed by atoms with Gasteiger partial charge in [0.25, 0.3) is 0 Å². The normalized spacial score (nSPS) is 14.8. The van der Waals surface area contributed by atoms with Crippen molar-refractivity contribution in [1.82, 2.24) is 29.5 Å². The standard InChI is InChI=1S/C27H35N7O2/c1-17(2)25-20-13-23(33-10-8-18(9-11-33)6-7-24(35)32(3)4)28-14-21(20)31-26(25)19-12-22(36-5)27-29-16-30-34(27)15-19/h12-18,31H,6-11H2,1-5H3. The van der Waals surface area contributed by atoms with Crippen LogP contribution in [0.4, 0.5) is 5.82 Å². The van der Waals surface area contributed by atoms with Crippen LogP contribution in [0, 0.1) is 5.92 Å². The number of fused-ring (bicyclic) bond motifs is 2. The third kappa shape index (κ3) is 4.50. The fraction of sp³-hybridized carbons (Fsp3) is 0.481. The summed E-state index contributed by atoms with van der Waals surface area (Å²) in [6, 6.07) is 4.24. The second-order valence-corrected chi connectivity index (χ2v) is 10.2. The molecule has 190 valence electrons. The van der Waals surface area contributed by atoms with E-state index in [9.17, 15) is 4.79 Å². The van der Waals surface area contributed by atoms with Gasteiger partial charge < -0.3 is 19.5 Å². The molecular weight excluding hydrogens is 454 g/mol. The fourth-order valence-corrected chi connectivity index (χ4v) is 5.29. The van der Waals surface area contributed by atoms with Gasteiger partial charge in [0.05, 0.1) is 24.5 Å². The molecule has 1 saturated heterocycles. The van der Waals surface area contributed by atoms with Crippen molar-refractivity contribution in [3.05, 3.63) is 36.4 Å². The van der Waals surface area contributed by atoms with E-state index in [-0.39, 0.29) is 5.91 Å². The number of hydrogen-bond donors (Lipinski definition) is 1. The molecule has 9 nitrogen and oxygen atoms in total. The number of pyridine rings is 2. The molecule has 0 spiro atoms. The summed E-state index contributed by atoms with van der Waals surface area (Å²) in [5.41, 5.74) is 5.03. The molecule has 1 aliphatic rings. The van der Waals surface area contributed by atoms with E-state index in [2.05, 4.69) is 39.9 Å². The Kier molecular flexibility index (Phi) is 6.55. The number of anilines is 1. The van der Waals surface area contributed by atoms with E-state index in [1.165, 1.54) is 17.3 Å². The van der Waals surface area contributed by atoms with Crippen molar-refractivity contribution in [2.75, 3.05) is 39.2 Å². The van der Waals surface area contributed by atoms with Crippen molar-refractivity contribution in [3.63, 3.8) is 0 Å². The lowest BCUT2D eigenvalue weighted by Gasteiger charge is -2.33. The highest BCUT2D eigenvalue weighted by Gasteiger charge is 2.23. The third-order valence-corrected chi connectivity index (χ3v) is 7.34. The van der Waals surface area contributed by atoms with Gasteiger partial charge in [-0.05, 0) is 48.8 Å². The first-order valence-electron chi connectivity index (χ1n) is 12.7. The average molecular weight is 490 g/mol. The van der Waals surface area contributed by atoms with E-state index in [1.54, 1.807) is 16.5 Å². The van der Waals surface area contributed by atoms with Crippen molar-refractivity contribution in [3.8, 4) is 17.0 Å². The smallest absolute Gasteiger partial charge is 0.222 e. The van der Waals surface area contributed by atoms with Gasteiger partial charge in [-0.2, -0.15) is 5.10 Å². The summed E-state index contributed by atoms with van der Waals surface area (Å²) in [6.45, 7) is 6.37. The van der Waals surface area contributed by atoms with Gasteiger partial charge in [0.15, 0.2) is 11.4 Å². The molecule has 1 N–H and O–H groups in total. The summed E-state index contributed by atoms with van der Waals surface area (Å²) in [7, 11) is 5.31. The van der Waals surface area contributed by atoms with Crippen LogP contribution in [-0.4, -0.2) is 69.7 Å². The monoisotopic (exact) mass is 489 g/mol. The summed E-state index contributed by atoms with van der Waals surface area (Å²) in [5.74, 6) is 2.83. The van der Waals surface area contributed by atoms with Gasteiger partial charge in [-0.25, -0.2) is 14.5 Å². The highest BCUT2D eigenvalue weighted by molar-refractivity contribution is 5.92. The highest BCUT2D eigenvalue weighted by Crippen LogP contribution is 2.38. The van der Waals surface area contributed by atoms with Gasteiger partial charge in [-0.1, -0.05) is 13.8 Å². The molecule has 0 aromatic carbocycles. The SMILES string of the molecule is COc1cc(-c2[nH]c3cnc(N4CCC(CCC(=O)N(C)C)CC4)cc3c2C(C)C)cn2ncnc12. The molecule has 0 unspecified atom stereocenters. The van der Waals surface area contributed by atoms with Crippen LogP contribution < -0.4 is 9.64 Å². The van der Waals surface area contributed by atoms with Crippen LogP contribution in [0.1, 0.15) is 51.0 Å². The number of aromatic amines is 1. The predicted molar refractivity (Wildman–Crippen MR) is 142 cm³/mol. The Labute approximate surface area is 211 Å². The van der Waals surface area contributed by atoms with Gasteiger partial charge in [0.2, 0.25) is 5.91 Å². The molecular formula is C27H35N7O2. The Morgan fingerprint density at radius 3 is 2.69 bits per heavy atom. The van der Waals surface area contributed by atoms with Crippen LogP contribution in [0.3, 0.4) is 0 Å². The second-order valence-electron chi connectivity index (χ2n) is 10.2. The molecule has 9 heteroatoms. The van der Waals surface area contributed by atoms with Crippen LogP contribution in [0.25, 0.3) is 27.8 Å². The van der Waals surface area contributed by atoms with E-state index in [0.29, 0.717) is 29.7 Å². The van der Waals surface area contributed by atoms with Gasteiger partial charge in [-0.3, -0.25) is 4.79 Å². The summed E-state index contributed by atoms with van der Waals surface area (Å²) in [4.78, 5) is 28.8. The number of ether oxygens (including phenoxy) is 1. The fourth-order valence-electron chi connectivity index (χ4n) is 5.29. The molecule has 1 amide bonds. The minimum absolute atomic E-state index is 0.217. The predicted octanol–water partition coefficient (Wildman–Crippen LogP) is 4.49. The number of methoxy groups -OCH3 is 1. The quantitative estimate of drug-likeness (QED) is 0.411. The lowest BCUT2D eigenvalue weighted by molar-refractivity contribution is -0.129. The molecule has 0 radical (unpaired) electrons. The Hall–Kier alpha value is -3.62. The number of H-pyrrole nitrogens is 1. The largest absolute Gasteiger partial charge is 0.493 e. The van der Waals surface area contributed by atoms with Crippen molar-refractivity contribution >= 4 is 28.3 Å². The van der Waals surface area contributed by atoms with Crippen molar-refractivity contribution in [2.24, 2.45) is 5.92 Å². The minimum atomic E-state index is 0.217. The summed E-state index contributed by atoms with van der Waals surface area (Å²) < 4.78 is 7.35. The first-order chi connectivity index (χ1) is 17.4. The highest BCUT2D eigenvalue weighted by atomic mass is 16.5. The van der Waals surface area contributed by atoms with Crippen LogP contribution in [0.15, 0.2) is 30.9 Å². The molecule has 0 saturated carbocycles. The lowest BCUT2D eigenvalue weighted by atomic mass is 9.92. The van der Waals surface area contributed by atoms with E-state index in [0.717, 1.165) is 54.9 Å². The Bertz CT molecular complexity index is 1380. The van der Waals surface area contributed by atoms with E-state index >= 15 is 0 Å². The maximum atomic E-state index is 12.0. The number of carbonyl (C=O) groups excluding carboxylic acids is 1. The number of rotatable bonds is 7. The number of amides is 1. The van der Waals surface area contributed by atoms with Gasteiger partial charge >= 0.3 is 0 Å². The maximum Gasteiger partial charge on any atom is 0.222 e. The van der Waals surface area contributed by atoms with Gasteiger partial charge in [0, 0.05) is 50.8 Å². The topological polar surface area (TPSA) is 91.7 Å². The molecule has 4 aromatic rings. The van der Waals surface area contributed by atoms with Crippen molar-refractivity contribution in [1.29, 1.82) is 0 Å². The lowest BCUT2D eigenvalue weighted by Crippen LogP contribution is -2.34.